The SMILES string of the molecule is CCCCCCC/C=C\C/C=C\CCCC(CCCCCCCC(=O)O)OC(=O)CCCCCCCCCCCCCCCCCCCC. The summed E-state index contributed by atoms with van der Waals surface area (Å²) in [6.07, 6.45) is 52.1. The Morgan fingerprint density at radius 1 is 0.449 bits per heavy atom. The van der Waals surface area contributed by atoms with E-state index in [2.05, 4.69) is 38.2 Å². The number of esters is 1. The van der Waals surface area contributed by atoms with Crippen molar-refractivity contribution in [3.05, 3.63) is 24.3 Å². The molecule has 0 aliphatic rings. The predicted molar refractivity (Wildman–Crippen MR) is 213 cm³/mol. The summed E-state index contributed by atoms with van der Waals surface area (Å²) in [5, 5.41) is 8.83. The van der Waals surface area contributed by atoms with Crippen molar-refractivity contribution in [3.63, 3.8) is 0 Å². The number of carboxylic acids is 1. The molecule has 4 heteroatoms. The highest BCUT2D eigenvalue weighted by Crippen LogP contribution is 2.18. The van der Waals surface area contributed by atoms with Crippen LogP contribution in [0.3, 0.4) is 0 Å². The van der Waals surface area contributed by atoms with Crippen LogP contribution < -0.4 is 0 Å². The summed E-state index contributed by atoms with van der Waals surface area (Å²) in [5.74, 6) is -0.719. The quantitative estimate of drug-likeness (QED) is 0.0395. The molecule has 1 atom stereocenters. The van der Waals surface area contributed by atoms with Gasteiger partial charge in [-0.15, -0.1) is 0 Å². The second-order valence-electron chi connectivity index (χ2n) is 14.9. The smallest absolute Gasteiger partial charge is 0.306 e. The van der Waals surface area contributed by atoms with E-state index in [4.69, 9.17) is 9.84 Å². The molecule has 0 fully saturated rings. The Hall–Kier alpha value is -1.58. The van der Waals surface area contributed by atoms with Crippen molar-refractivity contribution in [2.45, 2.75) is 251 Å². The molecular formula is C45H84O4. The van der Waals surface area contributed by atoms with Gasteiger partial charge in [0.05, 0.1) is 0 Å². The molecule has 0 aromatic heterocycles. The molecule has 0 heterocycles. The molecule has 0 aromatic carbocycles. The van der Waals surface area contributed by atoms with Crippen molar-refractivity contribution in [2.75, 3.05) is 0 Å². The van der Waals surface area contributed by atoms with Gasteiger partial charge in [0.25, 0.3) is 0 Å². The summed E-state index contributed by atoms with van der Waals surface area (Å²) >= 11 is 0. The van der Waals surface area contributed by atoms with Gasteiger partial charge in [-0.1, -0.05) is 192 Å². The number of hydrogen-bond donors (Lipinski definition) is 1. The van der Waals surface area contributed by atoms with Crippen LogP contribution in [-0.2, 0) is 14.3 Å². The summed E-state index contributed by atoms with van der Waals surface area (Å²) < 4.78 is 6.00. The molecule has 1 N–H and O–H groups in total. The van der Waals surface area contributed by atoms with Gasteiger partial charge in [-0.05, 0) is 64.2 Å². The van der Waals surface area contributed by atoms with Gasteiger partial charge in [0.2, 0.25) is 0 Å². The number of allylic oxidation sites excluding steroid dienone is 4. The third-order valence-electron chi connectivity index (χ3n) is 9.93. The molecule has 0 rings (SSSR count). The van der Waals surface area contributed by atoms with Crippen LogP contribution in [0.25, 0.3) is 0 Å². The molecule has 0 aliphatic carbocycles. The van der Waals surface area contributed by atoms with Gasteiger partial charge in [-0.3, -0.25) is 9.59 Å². The maximum absolute atomic E-state index is 12.7. The topological polar surface area (TPSA) is 63.6 Å². The average molecular weight is 689 g/mol. The minimum Gasteiger partial charge on any atom is -0.481 e. The molecule has 0 spiro atoms. The average Bonchev–Trinajstić information content (AvgIpc) is 3.09. The third-order valence-corrected chi connectivity index (χ3v) is 9.93. The molecular weight excluding hydrogens is 604 g/mol. The minimum absolute atomic E-state index is 0.0154. The molecule has 0 saturated carbocycles. The monoisotopic (exact) mass is 689 g/mol. The lowest BCUT2D eigenvalue weighted by Crippen LogP contribution is -2.18. The first-order valence-corrected chi connectivity index (χ1v) is 21.8. The normalized spacial score (nSPS) is 12.4. The van der Waals surface area contributed by atoms with E-state index in [1.54, 1.807) is 0 Å². The molecule has 0 amide bonds. The Morgan fingerprint density at radius 2 is 0.816 bits per heavy atom. The van der Waals surface area contributed by atoms with Crippen molar-refractivity contribution in [2.24, 2.45) is 0 Å². The number of rotatable bonds is 40. The van der Waals surface area contributed by atoms with Crippen LogP contribution in [0.2, 0.25) is 0 Å². The van der Waals surface area contributed by atoms with E-state index in [-0.39, 0.29) is 18.5 Å². The highest BCUT2D eigenvalue weighted by Gasteiger charge is 2.14. The maximum Gasteiger partial charge on any atom is 0.306 e. The molecule has 0 saturated heterocycles. The van der Waals surface area contributed by atoms with Crippen molar-refractivity contribution in [1.82, 2.24) is 0 Å². The standard InChI is InChI=1S/C45H84O4/c1-3-5-7-9-11-13-15-17-18-19-20-21-23-25-27-29-34-38-42-45(48)49-43(40-36-32-30-33-37-41-44(46)47)39-35-31-28-26-24-22-16-14-12-10-8-6-4-2/h16,22,26,28,43H,3-15,17-21,23-25,27,29-42H2,1-2H3,(H,46,47)/b22-16-,28-26-. The summed E-state index contributed by atoms with van der Waals surface area (Å²) in [4.78, 5) is 23.4. The zero-order valence-electron chi connectivity index (χ0n) is 33.0. The number of hydrogen-bond acceptors (Lipinski definition) is 3. The highest BCUT2D eigenvalue weighted by atomic mass is 16.5. The lowest BCUT2D eigenvalue weighted by Gasteiger charge is -2.18. The fourth-order valence-electron chi connectivity index (χ4n) is 6.69. The molecule has 0 bridgehead atoms. The van der Waals surface area contributed by atoms with Gasteiger partial charge in [0, 0.05) is 12.8 Å². The number of carbonyl (C=O) groups is 2. The van der Waals surface area contributed by atoms with E-state index in [0.717, 1.165) is 77.0 Å². The van der Waals surface area contributed by atoms with E-state index in [1.807, 2.05) is 0 Å². The lowest BCUT2D eigenvalue weighted by molar-refractivity contribution is -0.150. The van der Waals surface area contributed by atoms with E-state index >= 15 is 0 Å². The first-order valence-electron chi connectivity index (χ1n) is 21.8. The zero-order chi connectivity index (χ0) is 35.7. The van der Waals surface area contributed by atoms with Crippen molar-refractivity contribution in [1.29, 1.82) is 0 Å². The lowest BCUT2D eigenvalue weighted by atomic mass is 10.0. The van der Waals surface area contributed by atoms with Gasteiger partial charge < -0.3 is 9.84 Å². The highest BCUT2D eigenvalue weighted by molar-refractivity contribution is 5.69. The minimum atomic E-state index is -0.704. The van der Waals surface area contributed by atoms with Crippen molar-refractivity contribution < 1.29 is 19.4 Å². The van der Waals surface area contributed by atoms with Gasteiger partial charge in [0.1, 0.15) is 6.10 Å². The largest absolute Gasteiger partial charge is 0.481 e. The summed E-state index contributed by atoms with van der Waals surface area (Å²) in [7, 11) is 0. The van der Waals surface area contributed by atoms with E-state index < -0.39 is 5.97 Å². The van der Waals surface area contributed by atoms with Crippen LogP contribution in [0, 0.1) is 0 Å². The third kappa shape index (κ3) is 40.7. The van der Waals surface area contributed by atoms with E-state index in [0.29, 0.717) is 6.42 Å². The predicted octanol–water partition coefficient (Wildman–Crippen LogP) is 15.2. The Kier molecular flexibility index (Phi) is 39.5. The second kappa shape index (κ2) is 40.8. The van der Waals surface area contributed by atoms with Crippen molar-refractivity contribution >= 4 is 11.9 Å². The summed E-state index contributed by atoms with van der Waals surface area (Å²) in [6, 6.07) is 0. The Bertz CT molecular complexity index is 742. The van der Waals surface area contributed by atoms with Gasteiger partial charge in [-0.25, -0.2) is 0 Å². The maximum atomic E-state index is 12.7. The molecule has 49 heavy (non-hydrogen) atoms. The van der Waals surface area contributed by atoms with Gasteiger partial charge in [0.15, 0.2) is 0 Å². The van der Waals surface area contributed by atoms with Crippen LogP contribution in [0.4, 0.5) is 0 Å². The first kappa shape index (κ1) is 47.4. The molecule has 0 aliphatic heterocycles. The Balaban J connectivity index is 4.01. The summed E-state index contributed by atoms with van der Waals surface area (Å²) in [6.45, 7) is 4.55. The van der Waals surface area contributed by atoms with Crippen LogP contribution in [0.1, 0.15) is 245 Å². The molecule has 4 nitrogen and oxygen atoms in total. The number of unbranched alkanes of at least 4 members (excludes halogenated alkanes) is 27. The molecule has 1 unspecified atom stereocenters. The number of ether oxygens (including phenoxy) is 1. The summed E-state index contributed by atoms with van der Waals surface area (Å²) in [5.41, 5.74) is 0. The van der Waals surface area contributed by atoms with Crippen LogP contribution in [0.15, 0.2) is 24.3 Å². The molecule has 0 radical (unpaired) electrons. The molecule has 0 aromatic rings. The van der Waals surface area contributed by atoms with E-state index in [9.17, 15) is 9.59 Å². The number of carbonyl (C=O) groups excluding carboxylic acids is 1. The van der Waals surface area contributed by atoms with Crippen molar-refractivity contribution in [3.8, 4) is 0 Å². The fraction of sp³-hybridized carbons (Fsp3) is 0.867. The Morgan fingerprint density at radius 3 is 1.29 bits per heavy atom. The number of carboxylic acid groups (broad SMARTS) is 1. The fourth-order valence-corrected chi connectivity index (χ4v) is 6.69. The van der Waals surface area contributed by atoms with Crippen LogP contribution >= 0.6 is 0 Å². The number of aliphatic carboxylic acids is 1. The zero-order valence-corrected chi connectivity index (χ0v) is 33.0. The molecule has 288 valence electrons. The Labute approximate surface area is 306 Å². The second-order valence-corrected chi connectivity index (χ2v) is 14.9. The van der Waals surface area contributed by atoms with Crippen LogP contribution in [0.5, 0.6) is 0 Å². The van der Waals surface area contributed by atoms with Gasteiger partial charge >= 0.3 is 11.9 Å². The van der Waals surface area contributed by atoms with E-state index in [1.165, 1.54) is 141 Å². The van der Waals surface area contributed by atoms with Crippen LogP contribution in [-0.4, -0.2) is 23.1 Å². The van der Waals surface area contributed by atoms with Gasteiger partial charge in [-0.2, -0.15) is 0 Å². The first-order chi connectivity index (χ1) is 24.1.